The highest BCUT2D eigenvalue weighted by Crippen LogP contribution is 2.31. The Bertz CT molecular complexity index is 677. The van der Waals surface area contributed by atoms with Gasteiger partial charge in [-0.25, -0.2) is 14.8 Å². The summed E-state index contributed by atoms with van der Waals surface area (Å²) in [6.07, 6.45) is -4.72. The lowest BCUT2D eigenvalue weighted by atomic mass is 9.96. The molecular formula is C14H17F3N6O. The van der Waals surface area contributed by atoms with Crippen LogP contribution in [0.1, 0.15) is 32.3 Å². The Balaban J connectivity index is 2.53. The molecule has 1 N–H and O–H groups in total. The Hall–Kier alpha value is -2.57. The average Bonchev–Trinajstić information content (AvgIpc) is 2.88. The number of carbonyl (C=O) groups excluding carboxylic acids is 1. The molecule has 2 amide bonds. The van der Waals surface area contributed by atoms with E-state index < -0.39 is 23.7 Å². The number of urea groups is 1. The van der Waals surface area contributed by atoms with Crippen molar-refractivity contribution in [3.05, 3.63) is 17.6 Å². The Morgan fingerprint density at radius 2 is 2.04 bits per heavy atom. The largest absolute Gasteiger partial charge is 0.433 e. The first kappa shape index (κ1) is 17.8. The number of anilines is 1. The van der Waals surface area contributed by atoms with Crippen LogP contribution < -0.4 is 10.3 Å². The van der Waals surface area contributed by atoms with Crippen LogP contribution in [0.3, 0.4) is 0 Å². The van der Waals surface area contributed by atoms with Crippen molar-refractivity contribution in [1.82, 2.24) is 20.3 Å². The maximum Gasteiger partial charge on any atom is 0.433 e. The second-order valence-corrected chi connectivity index (χ2v) is 6.52. The lowest BCUT2D eigenvalue weighted by molar-refractivity contribution is -0.141. The molecule has 0 aromatic carbocycles. The minimum atomic E-state index is -4.72. The SMILES string of the molecule is CC(C)(C)CN(c1cc(C(F)(F)F)nc(C#N)n1)N1CCNC1=O. The summed E-state index contributed by atoms with van der Waals surface area (Å²) < 4.78 is 39.1. The van der Waals surface area contributed by atoms with Crippen molar-refractivity contribution in [2.45, 2.75) is 26.9 Å². The monoisotopic (exact) mass is 342 g/mol. The average molecular weight is 342 g/mol. The molecule has 1 fully saturated rings. The molecule has 7 nitrogen and oxygen atoms in total. The number of hydrazine groups is 1. The van der Waals surface area contributed by atoms with Crippen molar-refractivity contribution < 1.29 is 18.0 Å². The van der Waals surface area contributed by atoms with Crippen LogP contribution in [0, 0.1) is 16.7 Å². The highest BCUT2D eigenvalue weighted by Gasteiger charge is 2.36. The van der Waals surface area contributed by atoms with Gasteiger partial charge in [0.1, 0.15) is 6.07 Å². The fourth-order valence-corrected chi connectivity index (χ4v) is 2.19. The summed E-state index contributed by atoms with van der Waals surface area (Å²) in [5, 5.41) is 14.2. The highest BCUT2D eigenvalue weighted by atomic mass is 19.4. The number of hydrogen-bond acceptors (Lipinski definition) is 5. The smallest absolute Gasteiger partial charge is 0.335 e. The maximum absolute atomic E-state index is 13.0. The van der Waals surface area contributed by atoms with Crippen LogP contribution >= 0.6 is 0 Å². The fraction of sp³-hybridized carbons (Fsp3) is 0.571. The molecule has 130 valence electrons. The van der Waals surface area contributed by atoms with Gasteiger partial charge in [-0.1, -0.05) is 20.8 Å². The van der Waals surface area contributed by atoms with Gasteiger partial charge < -0.3 is 5.32 Å². The molecule has 0 radical (unpaired) electrons. The van der Waals surface area contributed by atoms with Gasteiger partial charge in [-0.05, 0) is 5.41 Å². The van der Waals surface area contributed by atoms with Crippen molar-refractivity contribution in [1.29, 1.82) is 5.26 Å². The van der Waals surface area contributed by atoms with E-state index in [0.717, 1.165) is 6.07 Å². The van der Waals surface area contributed by atoms with Crippen LogP contribution in [0.4, 0.5) is 23.8 Å². The van der Waals surface area contributed by atoms with Crippen molar-refractivity contribution in [2.24, 2.45) is 5.41 Å². The summed E-state index contributed by atoms with van der Waals surface area (Å²) >= 11 is 0. The number of nitriles is 1. The van der Waals surface area contributed by atoms with Gasteiger partial charge in [-0.15, -0.1) is 0 Å². The van der Waals surface area contributed by atoms with Gasteiger partial charge in [0.2, 0.25) is 5.82 Å². The third-order valence-corrected chi connectivity index (χ3v) is 3.12. The predicted molar refractivity (Wildman–Crippen MR) is 78.7 cm³/mol. The van der Waals surface area contributed by atoms with Crippen LogP contribution in [-0.2, 0) is 6.18 Å². The zero-order chi connectivity index (χ0) is 18.1. The van der Waals surface area contributed by atoms with Crippen molar-refractivity contribution in [2.75, 3.05) is 24.6 Å². The summed E-state index contributed by atoms with van der Waals surface area (Å²) in [7, 11) is 0. The summed E-state index contributed by atoms with van der Waals surface area (Å²) in [5.74, 6) is -0.737. The second-order valence-electron chi connectivity index (χ2n) is 6.52. The topological polar surface area (TPSA) is 85.2 Å². The Labute approximate surface area is 137 Å². The second kappa shape index (κ2) is 6.14. The third-order valence-electron chi connectivity index (χ3n) is 3.12. The molecule has 1 saturated heterocycles. The molecule has 10 heteroatoms. The van der Waals surface area contributed by atoms with Crippen LogP contribution in [0.2, 0.25) is 0 Å². The van der Waals surface area contributed by atoms with Crippen molar-refractivity contribution >= 4 is 11.8 Å². The van der Waals surface area contributed by atoms with E-state index in [1.165, 1.54) is 16.1 Å². The molecule has 24 heavy (non-hydrogen) atoms. The van der Waals surface area contributed by atoms with E-state index in [2.05, 4.69) is 15.3 Å². The van der Waals surface area contributed by atoms with E-state index in [1.54, 1.807) is 0 Å². The van der Waals surface area contributed by atoms with Gasteiger partial charge in [-0.3, -0.25) is 5.01 Å². The Morgan fingerprint density at radius 1 is 1.38 bits per heavy atom. The Morgan fingerprint density at radius 3 is 2.50 bits per heavy atom. The van der Waals surface area contributed by atoms with Gasteiger partial charge in [0.15, 0.2) is 11.5 Å². The Kier molecular flexibility index (Phi) is 4.55. The molecule has 1 aromatic rings. The first-order chi connectivity index (χ1) is 11.0. The zero-order valence-corrected chi connectivity index (χ0v) is 13.5. The summed E-state index contributed by atoms with van der Waals surface area (Å²) in [4.78, 5) is 19.0. The number of carbonyl (C=O) groups is 1. The van der Waals surface area contributed by atoms with Crippen molar-refractivity contribution in [3.63, 3.8) is 0 Å². The van der Waals surface area contributed by atoms with Gasteiger partial charge in [0, 0.05) is 19.2 Å². The predicted octanol–water partition coefficient (Wildman–Crippen LogP) is 2.16. The van der Waals surface area contributed by atoms with E-state index >= 15 is 0 Å². The molecule has 0 bridgehead atoms. The minimum Gasteiger partial charge on any atom is -0.335 e. The lowest BCUT2D eigenvalue weighted by Crippen LogP contribution is -2.49. The van der Waals surface area contributed by atoms with Crippen LogP contribution in [0.5, 0.6) is 0 Å². The van der Waals surface area contributed by atoms with Crippen LogP contribution in [0.15, 0.2) is 6.07 Å². The van der Waals surface area contributed by atoms with Gasteiger partial charge in [-0.2, -0.15) is 23.4 Å². The van der Waals surface area contributed by atoms with E-state index in [9.17, 15) is 18.0 Å². The number of halogens is 3. The standard InChI is InChI=1S/C14H17F3N6O/c1-13(2,3)8-23(22-5-4-19-12(22)24)11-6-9(14(15,16)17)20-10(7-18)21-11/h6H,4-5,8H2,1-3H3,(H,19,24). The molecule has 0 atom stereocenters. The highest BCUT2D eigenvalue weighted by molar-refractivity contribution is 5.78. The maximum atomic E-state index is 13.0. The number of amides is 2. The third kappa shape index (κ3) is 4.04. The first-order valence-electron chi connectivity index (χ1n) is 7.20. The molecule has 1 aromatic heterocycles. The molecule has 2 rings (SSSR count). The first-order valence-corrected chi connectivity index (χ1v) is 7.20. The molecule has 0 saturated carbocycles. The molecule has 2 heterocycles. The molecule has 0 spiro atoms. The number of hydrogen-bond donors (Lipinski definition) is 1. The van der Waals surface area contributed by atoms with E-state index in [-0.39, 0.29) is 17.8 Å². The number of aromatic nitrogens is 2. The number of rotatable bonds is 3. The van der Waals surface area contributed by atoms with Gasteiger partial charge >= 0.3 is 12.2 Å². The van der Waals surface area contributed by atoms with Gasteiger partial charge in [0.05, 0.1) is 6.54 Å². The van der Waals surface area contributed by atoms with E-state index in [1.807, 2.05) is 20.8 Å². The zero-order valence-electron chi connectivity index (χ0n) is 13.5. The van der Waals surface area contributed by atoms with Crippen molar-refractivity contribution in [3.8, 4) is 6.07 Å². The van der Waals surface area contributed by atoms with Gasteiger partial charge in [0.25, 0.3) is 0 Å². The number of nitrogens with one attached hydrogen (secondary N) is 1. The fourth-order valence-electron chi connectivity index (χ4n) is 2.19. The number of nitrogens with zero attached hydrogens (tertiary/aromatic N) is 5. The molecule has 0 unspecified atom stereocenters. The molecule has 0 aliphatic carbocycles. The quantitative estimate of drug-likeness (QED) is 0.910. The molecule has 1 aliphatic rings. The molecular weight excluding hydrogens is 325 g/mol. The summed E-state index contributed by atoms with van der Waals surface area (Å²) in [6.45, 7) is 6.55. The summed E-state index contributed by atoms with van der Waals surface area (Å²) in [6, 6.07) is 1.85. The van der Waals surface area contributed by atoms with Crippen LogP contribution in [-0.4, -0.2) is 40.6 Å². The normalized spacial score (nSPS) is 15.2. The van der Waals surface area contributed by atoms with E-state index in [0.29, 0.717) is 13.1 Å². The minimum absolute atomic E-state index is 0.138. The van der Waals surface area contributed by atoms with Crippen LogP contribution in [0.25, 0.3) is 0 Å². The molecule has 1 aliphatic heterocycles. The van der Waals surface area contributed by atoms with E-state index in [4.69, 9.17) is 5.26 Å². The lowest BCUT2D eigenvalue weighted by Gasteiger charge is -2.36. The summed E-state index contributed by atoms with van der Waals surface area (Å²) in [5.41, 5.74) is -1.55. The number of alkyl halides is 3.